The van der Waals surface area contributed by atoms with Gasteiger partial charge in [-0.05, 0) is 5.56 Å². The van der Waals surface area contributed by atoms with Gasteiger partial charge in [0.25, 0.3) is 0 Å². The molecule has 0 fully saturated rings. The summed E-state index contributed by atoms with van der Waals surface area (Å²) >= 11 is 0. The molecular weight excluding hydrogens is 204 g/mol. The largest absolute Gasteiger partial charge is 0.872 e. The number of benzene rings is 1. The van der Waals surface area contributed by atoms with E-state index in [2.05, 4.69) is 5.92 Å². The van der Waals surface area contributed by atoms with Gasteiger partial charge in [0.1, 0.15) is 0 Å². The minimum Gasteiger partial charge on any atom is -0.872 e. The molecule has 16 heavy (non-hydrogen) atoms. The first-order valence-corrected chi connectivity index (χ1v) is 5.18. The van der Waals surface area contributed by atoms with Crippen molar-refractivity contribution in [1.82, 2.24) is 0 Å². The maximum atomic E-state index is 10.8. The molecule has 0 aromatic heterocycles. The Bertz CT molecular complexity index is 324. The molecule has 0 saturated carbocycles. The monoisotopic (exact) mass is 219 g/mol. The number of ether oxygens (including phenoxy) is 2. The fraction of sp³-hybridized carbons (Fsp3) is 0.385. The maximum Gasteiger partial charge on any atom is 0.0718 e. The molecule has 1 rings (SSSR count). The van der Waals surface area contributed by atoms with Gasteiger partial charge in [-0.25, -0.2) is 0 Å². The zero-order valence-corrected chi connectivity index (χ0v) is 9.15. The Morgan fingerprint density at radius 1 is 1.06 bits per heavy atom. The van der Waals surface area contributed by atoms with Crippen molar-refractivity contribution in [3.05, 3.63) is 29.8 Å². The average molecular weight is 219 g/mol. The van der Waals surface area contributed by atoms with Crippen molar-refractivity contribution >= 4 is 0 Å². The van der Waals surface area contributed by atoms with Gasteiger partial charge in [0.2, 0.25) is 0 Å². The number of terminal acetylenes is 1. The van der Waals surface area contributed by atoms with Gasteiger partial charge < -0.3 is 14.6 Å². The summed E-state index contributed by atoms with van der Waals surface area (Å²) in [5.74, 6) is 2.51. The molecule has 86 valence electrons. The van der Waals surface area contributed by atoms with Gasteiger partial charge in [-0.1, -0.05) is 24.3 Å². The molecule has 3 nitrogen and oxygen atoms in total. The fourth-order valence-corrected chi connectivity index (χ4v) is 1.13. The maximum absolute atomic E-state index is 10.8. The van der Waals surface area contributed by atoms with Crippen LogP contribution >= 0.6 is 0 Å². The third kappa shape index (κ3) is 5.40. The molecule has 0 amide bonds. The Balaban J connectivity index is 2.03. The Morgan fingerprint density at radius 2 is 1.75 bits per heavy atom. The quantitative estimate of drug-likeness (QED) is 0.513. The highest BCUT2D eigenvalue weighted by atomic mass is 16.5. The van der Waals surface area contributed by atoms with Crippen LogP contribution in [0, 0.1) is 12.3 Å². The highest BCUT2D eigenvalue weighted by Gasteiger charge is 1.92. The van der Waals surface area contributed by atoms with Crippen LogP contribution in [0.15, 0.2) is 24.3 Å². The van der Waals surface area contributed by atoms with Crippen LogP contribution in [0.4, 0.5) is 0 Å². The van der Waals surface area contributed by atoms with Crippen LogP contribution in [0.2, 0.25) is 0 Å². The van der Waals surface area contributed by atoms with Crippen LogP contribution in [0.1, 0.15) is 12.0 Å². The standard InChI is InChI=1S/C13H16O3/c1-2-3-8-15-9-10-16-11-12-4-6-13(14)7-5-12/h1,4-7,14H,3,8-11H2/p-1. The SMILES string of the molecule is C#CCCOCCOCc1ccc([O-])cc1. The van der Waals surface area contributed by atoms with E-state index in [4.69, 9.17) is 15.9 Å². The van der Waals surface area contributed by atoms with Crippen LogP contribution in [0.3, 0.4) is 0 Å². The fourth-order valence-electron chi connectivity index (χ4n) is 1.13. The minimum atomic E-state index is 0.0152. The molecule has 0 aliphatic heterocycles. The summed E-state index contributed by atoms with van der Waals surface area (Å²) < 4.78 is 10.6. The van der Waals surface area contributed by atoms with Crippen molar-refractivity contribution in [1.29, 1.82) is 0 Å². The molecule has 0 heterocycles. The predicted octanol–water partition coefficient (Wildman–Crippen LogP) is 1.32. The molecule has 0 atom stereocenters. The van der Waals surface area contributed by atoms with E-state index in [1.165, 1.54) is 12.1 Å². The summed E-state index contributed by atoms with van der Waals surface area (Å²) in [6, 6.07) is 6.59. The smallest absolute Gasteiger partial charge is 0.0718 e. The molecule has 0 bridgehead atoms. The third-order valence-electron chi connectivity index (χ3n) is 1.95. The zero-order chi connectivity index (χ0) is 11.6. The number of rotatable bonds is 7. The van der Waals surface area contributed by atoms with E-state index in [-0.39, 0.29) is 5.75 Å². The predicted molar refractivity (Wildman–Crippen MR) is 59.8 cm³/mol. The third-order valence-corrected chi connectivity index (χ3v) is 1.95. The highest BCUT2D eigenvalue weighted by molar-refractivity contribution is 5.24. The lowest BCUT2D eigenvalue weighted by atomic mass is 10.2. The summed E-state index contributed by atoms with van der Waals surface area (Å²) in [6.45, 7) is 2.15. The first kappa shape index (κ1) is 12.6. The van der Waals surface area contributed by atoms with Gasteiger partial charge in [-0.3, -0.25) is 0 Å². The van der Waals surface area contributed by atoms with Crippen LogP contribution in [0.5, 0.6) is 5.75 Å². The average Bonchev–Trinajstić information content (AvgIpc) is 2.30. The molecule has 3 heteroatoms. The molecule has 0 unspecified atom stereocenters. The zero-order valence-electron chi connectivity index (χ0n) is 9.15. The minimum absolute atomic E-state index is 0.0152. The molecule has 0 radical (unpaired) electrons. The summed E-state index contributed by atoms with van der Waals surface area (Å²) in [5, 5.41) is 10.8. The molecule has 0 aliphatic carbocycles. The van der Waals surface area contributed by atoms with Gasteiger partial charge in [-0.2, -0.15) is 0 Å². The van der Waals surface area contributed by atoms with Gasteiger partial charge >= 0.3 is 0 Å². The lowest BCUT2D eigenvalue weighted by Gasteiger charge is -2.07. The topological polar surface area (TPSA) is 41.5 Å². The van der Waals surface area contributed by atoms with Crippen molar-refractivity contribution < 1.29 is 14.6 Å². The van der Waals surface area contributed by atoms with E-state index >= 15 is 0 Å². The molecule has 0 aliphatic rings. The number of hydrogen-bond donors (Lipinski definition) is 0. The molecule has 1 aromatic rings. The van der Waals surface area contributed by atoms with Crippen LogP contribution in [-0.4, -0.2) is 19.8 Å². The van der Waals surface area contributed by atoms with E-state index in [1.54, 1.807) is 12.1 Å². The number of hydrogen-bond acceptors (Lipinski definition) is 3. The summed E-state index contributed by atoms with van der Waals surface area (Å²) in [7, 11) is 0. The van der Waals surface area contributed by atoms with Gasteiger partial charge in [0, 0.05) is 6.42 Å². The molecular formula is C13H15O3-. The van der Waals surface area contributed by atoms with Crippen LogP contribution in [-0.2, 0) is 16.1 Å². The molecule has 0 N–H and O–H groups in total. The summed E-state index contributed by atoms with van der Waals surface area (Å²) in [4.78, 5) is 0. The van der Waals surface area contributed by atoms with Crippen LogP contribution in [0.25, 0.3) is 0 Å². The van der Waals surface area contributed by atoms with E-state index in [1.807, 2.05) is 0 Å². The van der Waals surface area contributed by atoms with E-state index < -0.39 is 0 Å². The first-order chi connectivity index (χ1) is 7.83. The Hall–Kier alpha value is -1.50. The Labute approximate surface area is 96.0 Å². The lowest BCUT2D eigenvalue weighted by Crippen LogP contribution is -2.05. The Kier molecular flexibility index (Phi) is 6.09. The van der Waals surface area contributed by atoms with Crippen molar-refractivity contribution in [2.24, 2.45) is 0 Å². The normalized spacial score (nSPS) is 9.94. The molecule has 1 aromatic carbocycles. The lowest BCUT2D eigenvalue weighted by molar-refractivity contribution is -0.268. The van der Waals surface area contributed by atoms with E-state index in [0.29, 0.717) is 32.8 Å². The second-order valence-corrected chi connectivity index (χ2v) is 3.26. The van der Waals surface area contributed by atoms with Crippen molar-refractivity contribution in [3.8, 4) is 18.1 Å². The van der Waals surface area contributed by atoms with Gasteiger partial charge in [0.15, 0.2) is 0 Å². The summed E-state index contributed by atoms with van der Waals surface area (Å²) in [5.41, 5.74) is 0.989. The highest BCUT2D eigenvalue weighted by Crippen LogP contribution is 2.07. The van der Waals surface area contributed by atoms with Crippen molar-refractivity contribution in [2.75, 3.05) is 19.8 Å². The molecule has 0 spiro atoms. The van der Waals surface area contributed by atoms with Gasteiger partial charge in [0.05, 0.1) is 26.4 Å². The molecule has 0 saturated heterocycles. The second kappa shape index (κ2) is 7.75. The van der Waals surface area contributed by atoms with Crippen molar-refractivity contribution in [3.63, 3.8) is 0 Å². The first-order valence-electron chi connectivity index (χ1n) is 5.18. The van der Waals surface area contributed by atoms with Gasteiger partial charge in [-0.15, -0.1) is 18.1 Å². The second-order valence-electron chi connectivity index (χ2n) is 3.26. The Morgan fingerprint density at radius 3 is 2.44 bits per heavy atom. The van der Waals surface area contributed by atoms with Crippen molar-refractivity contribution in [2.45, 2.75) is 13.0 Å². The van der Waals surface area contributed by atoms with Crippen LogP contribution < -0.4 is 5.11 Å². The van der Waals surface area contributed by atoms with E-state index in [0.717, 1.165) is 5.56 Å². The summed E-state index contributed by atoms with van der Waals surface area (Å²) in [6.07, 6.45) is 5.70. The van der Waals surface area contributed by atoms with E-state index in [9.17, 15) is 5.11 Å².